The Kier molecular flexibility index (Phi) is 7.48. The third-order valence-corrected chi connectivity index (χ3v) is 10.9. The number of furan rings is 1. The van der Waals surface area contributed by atoms with E-state index in [1.807, 2.05) is 0 Å². The predicted octanol–water partition coefficient (Wildman–Crippen LogP) is 14.4. The fraction of sp³-hybridized carbons (Fsp3) is 0.0588. The van der Waals surface area contributed by atoms with Crippen molar-refractivity contribution in [3.8, 4) is 27.9 Å². The highest BCUT2D eigenvalue weighted by atomic mass is 16.3. The van der Waals surface area contributed by atoms with Crippen LogP contribution in [0.1, 0.15) is 16.7 Å². The lowest BCUT2D eigenvalue weighted by molar-refractivity contribution is 0.670. The van der Waals surface area contributed by atoms with E-state index in [4.69, 9.17) is 4.42 Å². The minimum absolute atomic E-state index is 0.875. The maximum Gasteiger partial charge on any atom is 0.145 e. The van der Waals surface area contributed by atoms with Gasteiger partial charge in [-0.1, -0.05) is 115 Å². The normalized spacial score (nSPS) is 11.6. The predicted molar refractivity (Wildman–Crippen MR) is 228 cm³/mol. The van der Waals surface area contributed by atoms with Gasteiger partial charge < -0.3 is 13.9 Å². The lowest BCUT2D eigenvalue weighted by atomic mass is 9.96. The van der Waals surface area contributed by atoms with Gasteiger partial charge >= 0.3 is 0 Å². The van der Waals surface area contributed by atoms with Gasteiger partial charge in [-0.15, -0.1) is 0 Å². The number of rotatable bonds is 6. The van der Waals surface area contributed by atoms with Crippen LogP contribution in [-0.4, -0.2) is 4.57 Å². The largest absolute Gasteiger partial charge is 0.455 e. The van der Waals surface area contributed by atoms with Crippen LogP contribution < -0.4 is 4.90 Å². The average molecular weight is 695 g/mol. The van der Waals surface area contributed by atoms with Gasteiger partial charge in [-0.05, 0) is 115 Å². The maximum atomic E-state index is 6.84. The van der Waals surface area contributed by atoms with E-state index in [1.54, 1.807) is 0 Å². The summed E-state index contributed by atoms with van der Waals surface area (Å²) in [7, 11) is 0. The second-order valence-corrected chi connectivity index (χ2v) is 14.3. The van der Waals surface area contributed by atoms with Crippen LogP contribution >= 0.6 is 0 Å². The SMILES string of the molecule is Cc1ccc(N(c2c(C)cc(-c3ccccc3)cc2C)c2ccc(-c3ccc(-n4c5ccccc5c5ccccc54)cc3)c3oc4ccccc4c23)cc1. The minimum atomic E-state index is 0.875. The van der Waals surface area contributed by atoms with Gasteiger partial charge in [-0.2, -0.15) is 0 Å². The highest BCUT2D eigenvalue weighted by Gasteiger charge is 2.24. The van der Waals surface area contributed by atoms with E-state index in [1.165, 1.54) is 55.3 Å². The smallest absolute Gasteiger partial charge is 0.145 e. The van der Waals surface area contributed by atoms with Crippen molar-refractivity contribution in [1.82, 2.24) is 4.57 Å². The molecule has 0 aliphatic heterocycles. The highest BCUT2D eigenvalue weighted by molar-refractivity contribution is 6.17. The number of fused-ring (bicyclic) bond motifs is 6. The molecular formula is C51H38N2O. The van der Waals surface area contributed by atoms with E-state index < -0.39 is 0 Å². The molecule has 258 valence electrons. The second kappa shape index (κ2) is 12.7. The molecule has 10 rings (SSSR count). The molecule has 0 unspecified atom stereocenters. The van der Waals surface area contributed by atoms with Gasteiger partial charge in [0.25, 0.3) is 0 Å². The van der Waals surface area contributed by atoms with E-state index in [0.29, 0.717) is 0 Å². The van der Waals surface area contributed by atoms with Gasteiger partial charge in [-0.3, -0.25) is 0 Å². The number of nitrogens with zero attached hydrogens (tertiary/aromatic N) is 2. The van der Waals surface area contributed by atoms with Gasteiger partial charge in [0.1, 0.15) is 11.2 Å². The lowest BCUT2D eigenvalue weighted by Crippen LogP contribution is -2.13. The highest BCUT2D eigenvalue weighted by Crippen LogP contribution is 2.48. The summed E-state index contributed by atoms with van der Waals surface area (Å²) < 4.78 is 9.21. The summed E-state index contributed by atoms with van der Waals surface area (Å²) in [6.07, 6.45) is 0. The Balaban J connectivity index is 1.16. The van der Waals surface area contributed by atoms with Crippen molar-refractivity contribution >= 4 is 60.8 Å². The summed E-state index contributed by atoms with van der Waals surface area (Å²) in [5.41, 5.74) is 16.9. The first-order valence-corrected chi connectivity index (χ1v) is 18.6. The van der Waals surface area contributed by atoms with Gasteiger partial charge in [0.2, 0.25) is 0 Å². The van der Waals surface area contributed by atoms with Crippen LogP contribution in [0.15, 0.2) is 180 Å². The fourth-order valence-electron chi connectivity index (χ4n) is 8.40. The first-order valence-electron chi connectivity index (χ1n) is 18.6. The summed E-state index contributed by atoms with van der Waals surface area (Å²) >= 11 is 0. The van der Waals surface area contributed by atoms with E-state index in [0.717, 1.165) is 50.1 Å². The summed E-state index contributed by atoms with van der Waals surface area (Å²) in [4.78, 5) is 2.43. The van der Waals surface area contributed by atoms with E-state index in [2.05, 4.69) is 206 Å². The van der Waals surface area contributed by atoms with Crippen LogP contribution in [-0.2, 0) is 0 Å². The Morgan fingerprint density at radius 2 is 1.07 bits per heavy atom. The van der Waals surface area contributed by atoms with E-state index in [9.17, 15) is 0 Å². The number of aryl methyl sites for hydroxylation is 3. The standard InChI is InChI=1S/C51H38N2O/c1-33-21-25-40(26-22-33)53(50-34(2)31-38(32-35(50)3)36-13-5-4-6-14-36)47-30-29-41(51-49(47)44-17-9-12-20-48(44)54-51)37-23-27-39(28-24-37)52-45-18-10-7-15-42(45)43-16-8-11-19-46(43)52/h4-32H,1-3H3. The van der Waals surface area contributed by atoms with Gasteiger partial charge in [0.15, 0.2) is 0 Å². The summed E-state index contributed by atoms with van der Waals surface area (Å²) in [6.45, 7) is 6.60. The van der Waals surface area contributed by atoms with Crippen molar-refractivity contribution in [3.05, 3.63) is 193 Å². The Bertz CT molecular complexity index is 2930. The van der Waals surface area contributed by atoms with E-state index >= 15 is 0 Å². The quantitative estimate of drug-likeness (QED) is 0.173. The molecule has 0 saturated heterocycles. The van der Waals surface area contributed by atoms with Crippen molar-refractivity contribution in [3.63, 3.8) is 0 Å². The molecule has 0 fully saturated rings. The van der Waals surface area contributed by atoms with Crippen molar-refractivity contribution in [1.29, 1.82) is 0 Å². The first-order chi connectivity index (χ1) is 26.5. The van der Waals surface area contributed by atoms with Crippen LogP contribution in [0.4, 0.5) is 17.1 Å². The average Bonchev–Trinajstić information content (AvgIpc) is 3.77. The summed E-state index contributed by atoms with van der Waals surface area (Å²) in [5.74, 6) is 0. The van der Waals surface area contributed by atoms with Gasteiger partial charge in [0.05, 0.1) is 27.8 Å². The molecule has 0 radical (unpaired) electrons. The van der Waals surface area contributed by atoms with Crippen molar-refractivity contribution in [2.24, 2.45) is 0 Å². The molecule has 8 aromatic carbocycles. The molecule has 0 N–H and O–H groups in total. The molecule has 0 atom stereocenters. The van der Waals surface area contributed by atoms with Crippen LogP contribution in [0, 0.1) is 20.8 Å². The Morgan fingerprint density at radius 1 is 0.481 bits per heavy atom. The van der Waals surface area contributed by atoms with Crippen LogP contribution in [0.2, 0.25) is 0 Å². The molecule has 0 bridgehead atoms. The molecule has 54 heavy (non-hydrogen) atoms. The zero-order chi connectivity index (χ0) is 36.3. The molecule has 2 heterocycles. The Morgan fingerprint density at radius 3 is 1.74 bits per heavy atom. The minimum Gasteiger partial charge on any atom is -0.455 e. The maximum absolute atomic E-state index is 6.84. The van der Waals surface area contributed by atoms with Crippen molar-refractivity contribution in [2.45, 2.75) is 20.8 Å². The number of benzene rings is 8. The van der Waals surface area contributed by atoms with Crippen LogP contribution in [0.25, 0.3) is 71.7 Å². The molecule has 2 aromatic heterocycles. The topological polar surface area (TPSA) is 21.3 Å². The van der Waals surface area contributed by atoms with Crippen LogP contribution in [0.5, 0.6) is 0 Å². The molecule has 10 aromatic rings. The van der Waals surface area contributed by atoms with Gasteiger partial charge in [-0.25, -0.2) is 0 Å². The van der Waals surface area contributed by atoms with Crippen molar-refractivity contribution in [2.75, 3.05) is 4.90 Å². The monoisotopic (exact) mass is 694 g/mol. The zero-order valence-electron chi connectivity index (χ0n) is 30.5. The molecule has 0 aliphatic carbocycles. The summed E-state index contributed by atoms with van der Waals surface area (Å²) in [5, 5.41) is 4.71. The number of aromatic nitrogens is 1. The van der Waals surface area contributed by atoms with Gasteiger partial charge in [0, 0.05) is 33.1 Å². The number of para-hydroxylation sites is 3. The third-order valence-electron chi connectivity index (χ3n) is 10.9. The third kappa shape index (κ3) is 5.12. The molecule has 3 nitrogen and oxygen atoms in total. The summed E-state index contributed by atoms with van der Waals surface area (Å²) in [6, 6.07) is 63.3. The fourth-order valence-corrected chi connectivity index (χ4v) is 8.40. The molecule has 3 heteroatoms. The number of hydrogen-bond acceptors (Lipinski definition) is 2. The molecule has 0 saturated carbocycles. The Labute approximate surface area is 315 Å². The molecule has 0 amide bonds. The zero-order valence-corrected chi connectivity index (χ0v) is 30.5. The number of anilines is 3. The molecular weight excluding hydrogens is 657 g/mol. The molecule has 0 aliphatic rings. The number of hydrogen-bond donors (Lipinski definition) is 0. The second-order valence-electron chi connectivity index (χ2n) is 14.3. The van der Waals surface area contributed by atoms with E-state index in [-0.39, 0.29) is 0 Å². The first kappa shape index (κ1) is 31.9. The van der Waals surface area contributed by atoms with Crippen LogP contribution in [0.3, 0.4) is 0 Å². The van der Waals surface area contributed by atoms with Crippen molar-refractivity contribution < 1.29 is 4.42 Å². The Hall–Kier alpha value is -6.84. The lowest BCUT2D eigenvalue weighted by Gasteiger charge is -2.30. The molecule has 0 spiro atoms.